The van der Waals surface area contributed by atoms with Crippen molar-refractivity contribution >= 4 is 23.1 Å². The molecule has 19 heavy (non-hydrogen) atoms. The SMILES string of the molecule is CC(=O)Nc1cc(F)c(C)c2c1C(=O)/C(=N\O)CC2. The van der Waals surface area contributed by atoms with Gasteiger partial charge in [-0.05, 0) is 30.5 Å². The van der Waals surface area contributed by atoms with Gasteiger partial charge in [-0.3, -0.25) is 9.59 Å². The molecule has 0 spiro atoms. The fourth-order valence-electron chi connectivity index (χ4n) is 2.26. The van der Waals surface area contributed by atoms with Crippen molar-refractivity contribution in [2.75, 3.05) is 5.32 Å². The van der Waals surface area contributed by atoms with Gasteiger partial charge < -0.3 is 10.5 Å². The van der Waals surface area contributed by atoms with Crippen molar-refractivity contribution in [2.45, 2.75) is 26.7 Å². The van der Waals surface area contributed by atoms with E-state index < -0.39 is 17.5 Å². The number of anilines is 1. The van der Waals surface area contributed by atoms with Crippen molar-refractivity contribution in [1.29, 1.82) is 0 Å². The first-order valence-electron chi connectivity index (χ1n) is 5.81. The van der Waals surface area contributed by atoms with E-state index in [0.717, 1.165) is 6.07 Å². The standard InChI is InChI=1S/C13H13FN2O3/c1-6-8-3-4-10(16-19)13(18)12(8)11(5-9(6)14)15-7(2)17/h5,19H,3-4H2,1-2H3,(H,15,17)/b16-10-. The summed E-state index contributed by atoms with van der Waals surface area (Å²) >= 11 is 0. The van der Waals surface area contributed by atoms with Crippen molar-refractivity contribution < 1.29 is 19.2 Å². The number of hydrogen-bond acceptors (Lipinski definition) is 4. The molecule has 0 bridgehead atoms. The van der Waals surface area contributed by atoms with Crippen molar-refractivity contribution in [2.24, 2.45) is 5.16 Å². The molecule has 0 fully saturated rings. The number of benzene rings is 1. The highest BCUT2D eigenvalue weighted by atomic mass is 19.1. The number of amides is 1. The highest BCUT2D eigenvalue weighted by Gasteiger charge is 2.29. The van der Waals surface area contributed by atoms with Gasteiger partial charge in [-0.25, -0.2) is 4.39 Å². The zero-order valence-corrected chi connectivity index (χ0v) is 10.6. The molecular formula is C13H13FN2O3. The summed E-state index contributed by atoms with van der Waals surface area (Å²) in [6, 6.07) is 1.12. The van der Waals surface area contributed by atoms with Crippen LogP contribution in [0.25, 0.3) is 0 Å². The van der Waals surface area contributed by atoms with Gasteiger partial charge in [0, 0.05) is 13.3 Å². The molecule has 0 radical (unpaired) electrons. The Morgan fingerprint density at radius 3 is 2.74 bits per heavy atom. The molecule has 1 amide bonds. The molecule has 2 N–H and O–H groups in total. The van der Waals surface area contributed by atoms with Crippen LogP contribution in [0.5, 0.6) is 0 Å². The quantitative estimate of drug-likeness (QED) is 0.602. The number of halogens is 1. The van der Waals surface area contributed by atoms with Gasteiger partial charge in [0.25, 0.3) is 0 Å². The predicted octanol–water partition coefficient (Wildman–Crippen LogP) is 2.05. The number of nitrogens with zero attached hydrogens (tertiary/aromatic N) is 1. The zero-order chi connectivity index (χ0) is 14.2. The number of Topliss-reactive ketones (excluding diaryl/α,β-unsaturated/α-hetero) is 1. The molecule has 1 aromatic rings. The summed E-state index contributed by atoms with van der Waals surface area (Å²) in [6.45, 7) is 2.86. The first-order chi connectivity index (χ1) is 8.95. The van der Waals surface area contributed by atoms with Crippen LogP contribution in [0.3, 0.4) is 0 Å². The summed E-state index contributed by atoms with van der Waals surface area (Å²) in [5.74, 6) is -1.35. The van der Waals surface area contributed by atoms with E-state index in [-0.39, 0.29) is 23.4 Å². The summed E-state index contributed by atoms with van der Waals surface area (Å²) in [5, 5.41) is 14.2. The fourth-order valence-corrected chi connectivity index (χ4v) is 2.26. The third-order valence-electron chi connectivity index (χ3n) is 3.19. The maximum absolute atomic E-state index is 13.8. The van der Waals surface area contributed by atoms with E-state index in [0.29, 0.717) is 17.5 Å². The molecule has 0 saturated heterocycles. The molecule has 0 atom stereocenters. The van der Waals surface area contributed by atoms with E-state index in [9.17, 15) is 14.0 Å². The summed E-state index contributed by atoms with van der Waals surface area (Å²) in [6.07, 6.45) is 0.656. The predicted molar refractivity (Wildman–Crippen MR) is 67.3 cm³/mol. The summed E-state index contributed by atoms with van der Waals surface area (Å²) in [4.78, 5) is 23.3. The first-order valence-corrected chi connectivity index (χ1v) is 5.81. The molecular weight excluding hydrogens is 251 g/mol. The number of nitrogens with one attached hydrogen (secondary N) is 1. The Kier molecular flexibility index (Phi) is 3.33. The van der Waals surface area contributed by atoms with E-state index >= 15 is 0 Å². The average molecular weight is 264 g/mol. The summed E-state index contributed by atoms with van der Waals surface area (Å²) in [5.41, 5.74) is 1.30. The first kappa shape index (κ1) is 13.2. The molecule has 2 rings (SSSR count). The van der Waals surface area contributed by atoms with Crippen LogP contribution in [0.1, 0.15) is 34.8 Å². The average Bonchev–Trinajstić information content (AvgIpc) is 2.34. The zero-order valence-electron chi connectivity index (χ0n) is 10.6. The van der Waals surface area contributed by atoms with E-state index in [1.165, 1.54) is 6.92 Å². The second-order valence-electron chi connectivity index (χ2n) is 4.44. The summed E-state index contributed by atoms with van der Waals surface area (Å²) in [7, 11) is 0. The lowest BCUT2D eigenvalue weighted by molar-refractivity contribution is -0.114. The van der Waals surface area contributed by atoms with Gasteiger partial charge in [-0.15, -0.1) is 0 Å². The number of ketones is 1. The minimum atomic E-state index is -0.476. The number of carbonyl (C=O) groups is 2. The molecule has 100 valence electrons. The second kappa shape index (κ2) is 4.79. The van der Waals surface area contributed by atoms with E-state index in [1.54, 1.807) is 6.92 Å². The van der Waals surface area contributed by atoms with Crippen molar-refractivity contribution in [1.82, 2.24) is 0 Å². The van der Waals surface area contributed by atoms with Crippen LogP contribution in [-0.2, 0) is 11.2 Å². The second-order valence-corrected chi connectivity index (χ2v) is 4.44. The Bertz CT molecular complexity index is 608. The molecule has 5 nitrogen and oxygen atoms in total. The highest BCUT2D eigenvalue weighted by Crippen LogP contribution is 2.31. The molecule has 0 heterocycles. The van der Waals surface area contributed by atoms with E-state index in [1.807, 2.05) is 0 Å². The van der Waals surface area contributed by atoms with Crippen molar-refractivity contribution in [3.63, 3.8) is 0 Å². The highest BCUT2D eigenvalue weighted by molar-refractivity contribution is 6.48. The third kappa shape index (κ3) is 2.21. The largest absolute Gasteiger partial charge is 0.411 e. The van der Waals surface area contributed by atoms with Gasteiger partial charge in [0.05, 0.1) is 11.3 Å². The maximum Gasteiger partial charge on any atom is 0.221 e. The Morgan fingerprint density at radius 1 is 1.47 bits per heavy atom. The number of oxime groups is 1. The Labute approximate surface area is 109 Å². The molecule has 1 aromatic carbocycles. The summed E-state index contributed by atoms with van der Waals surface area (Å²) < 4.78 is 13.8. The molecule has 6 heteroatoms. The Balaban J connectivity index is 2.67. The van der Waals surface area contributed by atoms with Crippen LogP contribution in [0, 0.1) is 12.7 Å². The third-order valence-corrected chi connectivity index (χ3v) is 3.19. The number of hydrogen-bond donors (Lipinski definition) is 2. The van der Waals surface area contributed by atoms with Crippen LogP contribution in [0.2, 0.25) is 0 Å². The van der Waals surface area contributed by atoms with E-state index in [4.69, 9.17) is 5.21 Å². The molecule has 1 aliphatic carbocycles. The molecule has 0 saturated carbocycles. The van der Waals surface area contributed by atoms with Gasteiger partial charge in [0.1, 0.15) is 11.5 Å². The number of rotatable bonds is 1. The van der Waals surface area contributed by atoms with Crippen LogP contribution in [0.4, 0.5) is 10.1 Å². The molecule has 0 aromatic heterocycles. The van der Waals surface area contributed by atoms with Gasteiger partial charge >= 0.3 is 0 Å². The lowest BCUT2D eigenvalue weighted by Crippen LogP contribution is -2.26. The minimum Gasteiger partial charge on any atom is -0.411 e. The van der Waals surface area contributed by atoms with Crippen LogP contribution in [-0.4, -0.2) is 22.6 Å². The van der Waals surface area contributed by atoms with Crippen molar-refractivity contribution in [3.8, 4) is 0 Å². The fraction of sp³-hybridized carbons (Fsp3) is 0.308. The molecule has 0 aliphatic heterocycles. The van der Waals surface area contributed by atoms with Crippen molar-refractivity contribution in [3.05, 3.63) is 28.6 Å². The number of carbonyl (C=O) groups excluding carboxylic acids is 2. The van der Waals surface area contributed by atoms with E-state index in [2.05, 4.69) is 10.5 Å². The van der Waals surface area contributed by atoms with Crippen LogP contribution in [0.15, 0.2) is 11.2 Å². The monoisotopic (exact) mass is 264 g/mol. The van der Waals surface area contributed by atoms with Gasteiger partial charge in [-0.2, -0.15) is 0 Å². The lowest BCUT2D eigenvalue weighted by atomic mass is 9.85. The van der Waals surface area contributed by atoms with Gasteiger partial charge in [0.2, 0.25) is 11.7 Å². The maximum atomic E-state index is 13.8. The molecule has 1 aliphatic rings. The van der Waals surface area contributed by atoms with Gasteiger partial charge in [0.15, 0.2) is 0 Å². The molecule has 0 unspecified atom stereocenters. The Hall–Kier alpha value is -2.24. The van der Waals surface area contributed by atoms with Crippen LogP contribution >= 0.6 is 0 Å². The lowest BCUT2D eigenvalue weighted by Gasteiger charge is -2.21. The Morgan fingerprint density at radius 2 is 2.16 bits per heavy atom. The topological polar surface area (TPSA) is 78.8 Å². The smallest absolute Gasteiger partial charge is 0.221 e. The van der Waals surface area contributed by atoms with Gasteiger partial charge in [-0.1, -0.05) is 5.16 Å². The van der Waals surface area contributed by atoms with Crippen LogP contribution < -0.4 is 5.32 Å². The number of fused-ring (bicyclic) bond motifs is 1. The normalized spacial score (nSPS) is 16.4. The minimum absolute atomic E-state index is 0.0186.